The minimum atomic E-state index is 0.326. The number of aromatic hydroxyl groups is 1. The lowest BCUT2D eigenvalue weighted by Crippen LogP contribution is -2.42. The van der Waals surface area contributed by atoms with E-state index in [0.717, 1.165) is 38.3 Å². The molecule has 1 aliphatic heterocycles. The second-order valence-corrected chi connectivity index (χ2v) is 5.87. The summed E-state index contributed by atoms with van der Waals surface area (Å²) in [7, 11) is 0. The van der Waals surface area contributed by atoms with E-state index in [0.29, 0.717) is 5.75 Å². The molecule has 1 aromatic carbocycles. The molecule has 4 heteroatoms. The zero-order chi connectivity index (χ0) is 13.1. The Morgan fingerprint density at radius 2 is 2.00 bits per heavy atom. The Bertz CT molecular complexity index is 547. The van der Waals surface area contributed by atoms with E-state index < -0.39 is 0 Å². The second kappa shape index (κ2) is 5.74. The Hall–Kier alpha value is -1.36. The van der Waals surface area contributed by atoms with Gasteiger partial charge in [0.1, 0.15) is 5.75 Å². The normalized spacial score (nSPS) is 16.6. The molecule has 1 saturated heterocycles. The Morgan fingerprint density at radius 1 is 1.16 bits per heavy atom. The van der Waals surface area contributed by atoms with Gasteiger partial charge in [0.25, 0.3) is 0 Å². The molecule has 0 aliphatic carbocycles. The van der Waals surface area contributed by atoms with Gasteiger partial charge in [-0.2, -0.15) is 0 Å². The van der Waals surface area contributed by atoms with E-state index in [1.54, 1.807) is 17.4 Å². The fourth-order valence-electron chi connectivity index (χ4n) is 2.39. The highest BCUT2D eigenvalue weighted by Crippen LogP contribution is 2.28. The predicted octanol–water partition coefficient (Wildman–Crippen LogP) is 2.53. The number of phenols is 1. The van der Waals surface area contributed by atoms with Crippen molar-refractivity contribution in [2.75, 3.05) is 26.2 Å². The van der Waals surface area contributed by atoms with E-state index in [2.05, 4.69) is 21.7 Å². The lowest BCUT2D eigenvalue weighted by Gasteiger charge is -2.26. The summed E-state index contributed by atoms with van der Waals surface area (Å²) in [5, 5.41) is 15.1. The van der Waals surface area contributed by atoms with Gasteiger partial charge in [0.2, 0.25) is 0 Å². The van der Waals surface area contributed by atoms with Crippen molar-refractivity contribution < 1.29 is 5.11 Å². The first-order valence-corrected chi connectivity index (χ1v) is 7.49. The van der Waals surface area contributed by atoms with Crippen molar-refractivity contribution in [1.82, 2.24) is 10.2 Å². The molecule has 3 nitrogen and oxygen atoms in total. The van der Waals surface area contributed by atoms with Crippen molar-refractivity contribution in [2.24, 2.45) is 0 Å². The van der Waals surface area contributed by atoms with Crippen LogP contribution >= 0.6 is 11.3 Å². The SMILES string of the molecule is Oc1cccc(-c2csc(CN3CCNCC3)c2)c1. The van der Waals surface area contributed by atoms with E-state index in [-0.39, 0.29) is 0 Å². The molecule has 2 N–H and O–H groups in total. The molecule has 0 amide bonds. The van der Waals surface area contributed by atoms with Crippen LogP contribution in [-0.2, 0) is 6.54 Å². The minimum absolute atomic E-state index is 0.326. The van der Waals surface area contributed by atoms with E-state index in [4.69, 9.17) is 0 Å². The fraction of sp³-hybridized carbons (Fsp3) is 0.333. The molecule has 0 bridgehead atoms. The standard InChI is InChI=1S/C15H18N2OS/c18-14-3-1-2-12(8-14)13-9-15(19-11-13)10-17-6-4-16-5-7-17/h1-3,8-9,11,16,18H,4-7,10H2. The number of hydrogen-bond donors (Lipinski definition) is 2. The van der Waals surface area contributed by atoms with E-state index in [9.17, 15) is 5.11 Å². The zero-order valence-corrected chi connectivity index (χ0v) is 11.6. The van der Waals surface area contributed by atoms with Gasteiger partial charge < -0.3 is 10.4 Å². The molecular formula is C15H18N2OS. The van der Waals surface area contributed by atoms with E-state index in [1.165, 1.54) is 10.4 Å². The minimum Gasteiger partial charge on any atom is -0.508 e. The Labute approximate surface area is 117 Å². The molecule has 0 saturated carbocycles. The summed E-state index contributed by atoms with van der Waals surface area (Å²) in [6, 6.07) is 9.68. The quantitative estimate of drug-likeness (QED) is 0.903. The third kappa shape index (κ3) is 3.15. The molecule has 0 spiro atoms. The molecule has 1 aromatic heterocycles. The summed E-state index contributed by atoms with van der Waals surface area (Å²) < 4.78 is 0. The van der Waals surface area contributed by atoms with Crippen LogP contribution in [-0.4, -0.2) is 36.2 Å². The first-order valence-electron chi connectivity index (χ1n) is 6.61. The average Bonchev–Trinajstić information content (AvgIpc) is 2.88. The number of nitrogens with zero attached hydrogens (tertiary/aromatic N) is 1. The molecule has 3 rings (SSSR count). The van der Waals surface area contributed by atoms with Gasteiger partial charge in [-0.3, -0.25) is 4.90 Å². The summed E-state index contributed by atoms with van der Waals surface area (Å²) in [4.78, 5) is 3.87. The lowest BCUT2D eigenvalue weighted by molar-refractivity contribution is 0.235. The lowest BCUT2D eigenvalue weighted by atomic mass is 10.1. The molecule has 0 atom stereocenters. The number of phenolic OH excluding ortho intramolecular Hbond substituents is 1. The smallest absolute Gasteiger partial charge is 0.116 e. The number of benzene rings is 1. The van der Waals surface area contributed by atoms with E-state index in [1.807, 2.05) is 18.2 Å². The Morgan fingerprint density at radius 3 is 2.79 bits per heavy atom. The number of piperazine rings is 1. The average molecular weight is 274 g/mol. The van der Waals surface area contributed by atoms with Gasteiger partial charge in [0, 0.05) is 37.6 Å². The number of thiophene rings is 1. The molecule has 0 radical (unpaired) electrons. The second-order valence-electron chi connectivity index (χ2n) is 4.88. The Kier molecular flexibility index (Phi) is 3.82. The molecule has 1 fully saturated rings. The zero-order valence-electron chi connectivity index (χ0n) is 10.8. The molecule has 19 heavy (non-hydrogen) atoms. The van der Waals surface area contributed by atoms with E-state index >= 15 is 0 Å². The van der Waals surface area contributed by atoms with Crippen LogP contribution in [0, 0.1) is 0 Å². The maximum absolute atomic E-state index is 9.53. The topological polar surface area (TPSA) is 35.5 Å². The van der Waals surface area contributed by atoms with Gasteiger partial charge in [-0.1, -0.05) is 12.1 Å². The van der Waals surface area contributed by atoms with Crippen molar-refractivity contribution >= 4 is 11.3 Å². The van der Waals surface area contributed by atoms with Gasteiger partial charge in [-0.25, -0.2) is 0 Å². The van der Waals surface area contributed by atoms with Crippen LogP contribution in [0.4, 0.5) is 0 Å². The molecule has 2 heterocycles. The van der Waals surface area contributed by atoms with Crippen molar-refractivity contribution in [3.63, 3.8) is 0 Å². The number of rotatable bonds is 3. The largest absolute Gasteiger partial charge is 0.508 e. The summed E-state index contributed by atoms with van der Waals surface area (Å²) in [5.41, 5.74) is 2.29. The highest BCUT2D eigenvalue weighted by atomic mass is 32.1. The number of hydrogen-bond acceptors (Lipinski definition) is 4. The van der Waals surface area contributed by atoms with Crippen molar-refractivity contribution in [1.29, 1.82) is 0 Å². The molecular weight excluding hydrogens is 256 g/mol. The van der Waals surface area contributed by atoms with Gasteiger partial charge in [0.05, 0.1) is 0 Å². The summed E-state index contributed by atoms with van der Waals surface area (Å²) >= 11 is 1.80. The van der Waals surface area contributed by atoms with Crippen molar-refractivity contribution in [2.45, 2.75) is 6.54 Å². The highest BCUT2D eigenvalue weighted by molar-refractivity contribution is 7.10. The van der Waals surface area contributed by atoms with Crippen LogP contribution in [0.5, 0.6) is 5.75 Å². The van der Waals surface area contributed by atoms with Crippen LogP contribution < -0.4 is 5.32 Å². The molecule has 2 aromatic rings. The van der Waals surface area contributed by atoms with Gasteiger partial charge >= 0.3 is 0 Å². The molecule has 1 aliphatic rings. The predicted molar refractivity (Wildman–Crippen MR) is 79.6 cm³/mol. The first kappa shape index (κ1) is 12.7. The maximum Gasteiger partial charge on any atom is 0.116 e. The van der Waals surface area contributed by atoms with Crippen LogP contribution in [0.3, 0.4) is 0 Å². The van der Waals surface area contributed by atoms with Gasteiger partial charge in [-0.05, 0) is 34.7 Å². The first-order chi connectivity index (χ1) is 9.31. The number of nitrogens with one attached hydrogen (secondary N) is 1. The summed E-state index contributed by atoms with van der Waals surface area (Å²) in [5.74, 6) is 0.326. The third-order valence-electron chi connectivity index (χ3n) is 3.42. The van der Waals surface area contributed by atoms with Gasteiger partial charge in [-0.15, -0.1) is 11.3 Å². The van der Waals surface area contributed by atoms with Crippen molar-refractivity contribution in [3.05, 3.63) is 40.6 Å². The fourth-order valence-corrected chi connectivity index (χ4v) is 3.32. The van der Waals surface area contributed by atoms with Crippen LogP contribution in [0.1, 0.15) is 4.88 Å². The highest BCUT2D eigenvalue weighted by Gasteiger charge is 2.11. The molecule has 100 valence electrons. The van der Waals surface area contributed by atoms with Crippen LogP contribution in [0.15, 0.2) is 35.7 Å². The summed E-state index contributed by atoms with van der Waals surface area (Å²) in [6.07, 6.45) is 0. The monoisotopic (exact) mass is 274 g/mol. The summed E-state index contributed by atoms with van der Waals surface area (Å²) in [6.45, 7) is 5.46. The van der Waals surface area contributed by atoms with Crippen molar-refractivity contribution in [3.8, 4) is 16.9 Å². The maximum atomic E-state index is 9.53. The van der Waals surface area contributed by atoms with Gasteiger partial charge in [0.15, 0.2) is 0 Å². The molecule has 0 unspecified atom stereocenters. The Balaban J connectivity index is 1.72. The third-order valence-corrected chi connectivity index (χ3v) is 4.34. The van der Waals surface area contributed by atoms with Crippen LogP contribution in [0.2, 0.25) is 0 Å². The van der Waals surface area contributed by atoms with Crippen LogP contribution in [0.25, 0.3) is 11.1 Å².